The van der Waals surface area contributed by atoms with Crippen molar-refractivity contribution >= 4 is 74.3 Å². The highest BCUT2D eigenvalue weighted by molar-refractivity contribution is 6.31. The Kier molecular flexibility index (Phi) is 16.4. The fourth-order valence-electron chi connectivity index (χ4n) is 7.74. The molecule has 0 unspecified atom stereocenters. The number of methoxy groups -OCH3 is 3. The van der Waals surface area contributed by atoms with E-state index < -0.39 is 6.48 Å². The van der Waals surface area contributed by atoms with Crippen LogP contribution in [0.5, 0.6) is 0 Å². The van der Waals surface area contributed by atoms with Gasteiger partial charge in [0, 0.05) is 108 Å². The van der Waals surface area contributed by atoms with Crippen molar-refractivity contribution < 1.29 is 33.5 Å². The SMILES string of the molecule is COC(OC)OC.Cc1cc(N2CCN(C(=O)Cn3nc(-c4ncon4)c4cccnc43)CC2)ccc1Cl.Cc1cc(N2CCN(C(=O)Cn3nc(/C(N)=N/O)c4cccnc43)CC2)ccc1Cl. The molecule has 0 aliphatic carbocycles. The molecule has 3 N–H and O–H groups in total. The number of carbonyl (C=O) groups excluding carboxylic acids is 2. The topological polar surface area (TPSA) is 234 Å². The number of nitrogens with zero attached hydrogens (tertiary/aromatic N) is 13. The first kappa shape index (κ1) is 49.0. The van der Waals surface area contributed by atoms with Gasteiger partial charge in [0.05, 0.1) is 10.8 Å². The maximum Gasteiger partial charge on any atom is 0.270 e. The van der Waals surface area contributed by atoms with Crippen molar-refractivity contribution in [1.29, 1.82) is 0 Å². The molecule has 23 heteroatoms. The summed E-state index contributed by atoms with van der Waals surface area (Å²) in [6.07, 6.45) is 4.55. The van der Waals surface area contributed by atoms with E-state index in [9.17, 15) is 9.59 Å². The molecule has 5 aromatic heterocycles. The molecule has 2 aliphatic rings. The van der Waals surface area contributed by atoms with E-state index in [-0.39, 0.29) is 30.7 Å². The number of anilines is 2. The maximum absolute atomic E-state index is 13.0. The molecular weight excluding hydrogens is 919 g/mol. The van der Waals surface area contributed by atoms with Crippen molar-refractivity contribution in [2.45, 2.75) is 33.4 Å². The van der Waals surface area contributed by atoms with E-state index in [4.69, 9.17) is 38.7 Å². The van der Waals surface area contributed by atoms with Crippen LogP contribution in [0, 0.1) is 13.8 Å². The van der Waals surface area contributed by atoms with Crippen LogP contribution in [0.25, 0.3) is 33.6 Å². The molecule has 2 aliphatic heterocycles. The van der Waals surface area contributed by atoms with Crippen LogP contribution in [0.2, 0.25) is 10.0 Å². The van der Waals surface area contributed by atoms with Gasteiger partial charge in [0.25, 0.3) is 6.48 Å². The van der Waals surface area contributed by atoms with E-state index in [2.05, 4.69) is 71.6 Å². The van der Waals surface area contributed by atoms with Crippen molar-refractivity contribution in [2.24, 2.45) is 10.9 Å². The molecular formula is C45H52Cl2N14O7. The summed E-state index contributed by atoms with van der Waals surface area (Å²) in [7, 11) is 4.53. The lowest BCUT2D eigenvalue weighted by molar-refractivity contribution is -0.252. The van der Waals surface area contributed by atoms with Gasteiger partial charge in [0.2, 0.25) is 24.0 Å². The summed E-state index contributed by atoms with van der Waals surface area (Å²) in [4.78, 5) is 46.9. The number of hydrogen-bond acceptors (Lipinski definition) is 16. The fraction of sp³-hybridized carbons (Fsp3) is 0.356. The maximum atomic E-state index is 13.0. The third-order valence-electron chi connectivity index (χ3n) is 11.4. The molecule has 21 nitrogen and oxygen atoms in total. The van der Waals surface area contributed by atoms with E-state index in [0.29, 0.717) is 60.1 Å². The third-order valence-corrected chi connectivity index (χ3v) is 12.2. The Labute approximate surface area is 401 Å². The smallest absolute Gasteiger partial charge is 0.270 e. The van der Waals surface area contributed by atoms with Gasteiger partial charge in [-0.15, -0.1) is 0 Å². The van der Waals surface area contributed by atoms with Crippen LogP contribution >= 0.6 is 23.2 Å². The second-order valence-electron chi connectivity index (χ2n) is 15.6. The molecule has 0 bridgehead atoms. The molecule has 7 aromatic rings. The molecule has 2 aromatic carbocycles. The van der Waals surface area contributed by atoms with E-state index >= 15 is 0 Å². The summed E-state index contributed by atoms with van der Waals surface area (Å²) in [6.45, 7) is 9.11. The molecule has 68 heavy (non-hydrogen) atoms. The quantitative estimate of drug-likeness (QED) is 0.0581. The predicted molar refractivity (Wildman–Crippen MR) is 256 cm³/mol. The average Bonchev–Trinajstić information content (AvgIpc) is 4.13. The number of benzene rings is 2. The molecule has 2 saturated heterocycles. The molecule has 0 radical (unpaired) electrons. The Morgan fingerprint density at radius 1 is 0.721 bits per heavy atom. The van der Waals surface area contributed by atoms with E-state index in [0.717, 1.165) is 64.1 Å². The first-order chi connectivity index (χ1) is 32.9. The number of amidine groups is 1. The first-order valence-corrected chi connectivity index (χ1v) is 22.2. The minimum absolute atomic E-state index is 0.00153. The van der Waals surface area contributed by atoms with Crippen molar-refractivity contribution in [1.82, 2.24) is 49.5 Å². The molecule has 358 valence electrons. The van der Waals surface area contributed by atoms with Gasteiger partial charge in [-0.05, 0) is 85.6 Å². The summed E-state index contributed by atoms with van der Waals surface area (Å²) in [5.74, 6) is 0.201. The number of oxime groups is 1. The molecule has 7 heterocycles. The van der Waals surface area contributed by atoms with Gasteiger partial charge < -0.3 is 49.3 Å². The second kappa shape index (κ2) is 22.7. The summed E-state index contributed by atoms with van der Waals surface area (Å²) in [6, 6.07) is 19.2. The molecule has 2 amide bonds. The van der Waals surface area contributed by atoms with Crippen molar-refractivity contribution in [3.05, 3.63) is 106 Å². The van der Waals surface area contributed by atoms with Crippen LogP contribution in [0.4, 0.5) is 11.4 Å². The van der Waals surface area contributed by atoms with Crippen LogP contribution in [0.1, 0.15) is 16.8 Å². The number of carbonyl (C=O) groups is 2. The fourth-order valence-corrected chi connectivity index (χ4v) is 7.98. The number of aryl methyl sites for hydroxylation is 2. The zero-order valence-electron chi connectivity index (χ0n) is 38.2. The number of pyridine rings is 2. The van der Waals surface area contributed by atoms with Gasteiger partial charge in [-0.1, -0.05) is 33.5 Å². The second-order valence-corrected chi connectivity index (χ2v) is 16.4. The summed E-state index contributed by atoms with van der Waals surface area (Å²) in [5, 5.41) is 27.7. The summed E-state index contributed by atoms with van der Waals surface area (Å²) < 4.78 is 21.8. The van der Waals surface area contributed by atoms with E-state index in [1.54, 1.807) is 29.2 Å². The molecule has 0 saturated carbocycles. The van der Waals surface area contributed by atoms with Gasteiger partial charge in [-0.25, -0.2) is 19.3 Å². The van der Waals surface area contributed by atoms with Gasteiger partial charge in [0.1, 0.15) is 24.5 Å². The highest BCUT2D eigenvalue weighted by atomic mass is 35.5. The van der Waals surface area contributed by atoms with Crippen molar-refractivity contribution in [2.75, 3.05) is 83.5 Å². The number of aromatic nitrogens is 8. The third kappa shape index (κ3) is 11.4. The highest BCUT2D eigenvalue weighted by Gasteiger charge is 2.26. The van der Waals surface area contributed by atoms with Gasteiger partial charge >= 0.3 is 0 Å². The molecule has 0 spiro atoms. The van der Waals surface area contributed by atoms with Crippen LogP contribution < -0.4 is 15.5 Å². The Bertz CT molecular complexity index is 2830. The number of amides is 2. The zero-order valence-corrected chi connectivity index (χ0v) is 39.7. The Hall–Kier alpha value is -6.91. The van der Waals surface area contributed by atoms with Crippen LogP contribution in [0.3, 0.4) is 0 Å². The monoisotopic (exact) mass is 970 g/mol. The number of nitrogens with two attached hydrogens (primary N) is 1. The minimum Gasteiger partial charge on any atom is -0.409 e. The largest absolute Gasteiger partial charge is 0.409 e. The standard InChI is InChI=1S/C21H20ClN7O2.C20H22ClN7O2.C4H10O3/c1-14-11-15(4-5-17(14)22)27-7-9-28(10-8-27)18(30)12-29-21-16(3-2-6-23-21)19(25-29)20-24-13-31-26-20;1-13-11-14(4-5-16(13)21)26-7-9-27(10-8-26)17(29)12-28-20-15(3-2-6-23-20)18(24-28)19(22)25-30;1-5-4(6-2)7-3/h2-6,11,13H,7-10,12H2,1H3;2-6,11,30H,7-10,12H2,1H3,(H2,22,25);4H,1-3H3. The molecule has 9 rings (SSSR count). The Balaban J connectivity index is 0.000000177. The molecule has 2 fully saturated rings. The van der Waals surface area contributed by atoms with Gasteiger partial charge in [0.15, 0.2) is 17.1 Å². The number of hydrogen-bond donors (Lipinski definition) is 2. The summed E-state index contributed by atoms with van der Waals surface area (Å²) >= 11 is 12.3. The number of ether oxygens (including phenoxy) is 3. The zero-order chi connectivity index (χ0) is 48.3. The van der Waals surface area contributed by atoms with E-state index in [1.807, 2.05) is 60.0 Å². The number of piperazine rings is 2. The lowest BCUT2D eigenvalue weighted by Crippen LogP contribution is -2.49. The lowest BCUT2D eigenvalue weighted by Gasteiger charge is -2.36. The summed E-state index contributed by atoms with van der Waals surface area (Å²) in [5.41, 5.74) is 12.0. The van der Waals surface area contributed by atoms with Crippen LogP contribution in [-0.2, 0) is 36.9 Å². The minimum atomic E-state index is -0.514. The molecule has 0 atom stereocenters. The van der Waals surface area contributed by atoms with Crippen LogP contribution in [0.15, 0.2) is 89.1 Å². The Morgan fingerprint density at radius 3 is 1.65 bits per heavy atom. The number of halogens is 2. The van der Waals surface area contributed by atoms with Crippen LogP contribution in [-0.4, -0.2) is 152 Å². The number of fused-ring (bicyclic) bond motifs is 2. The predicted octanol–water partition coefficient (Wildman–Crippen LogP) is 4.84. The first-order valence-electron chi connectivity index (χ1n) is 21.5. The number of rotatable bonds is 11. The van der Waals surface area contributed by atoms with Gasteiger partial charge in [-0.2, -0.15) is 15.2 Å². The Morgan fingerprint density at radius 2 is 1.21 bits per heavy atom. The average molecular weight is 972 g/mol. The highest BCUT2D eigenvalue weighted by Crippen LogP contribution is 2.27. The lowest BCUT2D eigenvalue weighted by atomic mass is 10.2. The van der Waals surface area contributed by atoms with Crippen molar-refractivity contribution in [3.8, 4) is 11.5 Å². The normalized spacial score (nSPS) is 14.3. The van der Waals surface area contributed by atoms with Crippen molar-refractivity contribution in [3.63, 3.8) is 0 Å². The van der Waals surface area contributed by atoms with Gasteiger partial charge in [-0.3, -0.25) is 9.59 Å². The van der Waals surface area contributed by atoms with E-state index in [1.165, 1.54) is 32.4 Å².